The monoisotopic (exact) mass is 549 g/mol. The van der Waals surface area contributed by atoms with Crippen LogP contribution in [-0.2, 0) is 6.42 Å². The number of hydrogen-bond donors (Lipinski definition) is 1. The Balaban J connectivity index is 1.38. The maximum Gasteiger partial charge on any atom is 0.272 e. The standard InChI is InChI=1S/C26H26Cl3N3O2S/c1-26(2)14-4-3-13(18(26)9-14)12-30-24(33)22-16-7-8-34-25-17(11-21(29)35-25)23(16)32(31-22)20-6-5-15(27)10-19(20)28/h5-6,10-11,13-14,18H,3-4,7-9,12H2,1-2H3,(H,30,33). The van der Waals surface area contributed by atoms with Crippen LogP contribution in [0.15, 0.2) is 24.3 Å². The first-order chi connectivity index (χ1) is 16.7. The van der Waals surface area contributed by atoms with Gasteiger partial charge in [-0.25, -0.2) is 4.68 Å². The number of carbonyl (C=O) groups excluding carboxylic acids is 1. The lowest BCUT2D eigenvalue weighted by Gasteiger charge is -2.60. The Bertz CT molecular complexity index is 1330. The molecule has 4 aliphatic rings. The first-order valence-electron chi connectivity index (χ1n) is 12.0. The number of benzene rings is 1. The molecule has 9 heteroatoms. The Morgan fingerprint density at radius 1 is 1.26 bits per heavy atom. The molecule has 3 atom stereocenters. The van der Waals surface area contributed by atoms with Crippen molar-refractivity contribution < 1.29 is 9.53 Å². The molecule has 1 aliphatic heterocycles. The Kier molecular flexibility index (Phi) is 5.87. The van der Waals surface area contributed by atoms with Crippen LogP contribution in [0.2, 0.25) is 14.4 Å². The van der Waals surface area contributed by atoms with Gasteiger partial charge in [0.1, 0.15) is 0 Å². The second kappa shape index (κ2) is 8.69. The van der Waals surface area contributed by atoms with Crippen molar-refractivity contribution in [2.24, 2.45) is 23.2 Å². The summed E-state index contributed by atoms with van der Waals surface area (Å²) < 4.78 is 8.34. The minimum absolute atomic E-state index is 0.158. The number of carbonyl (C=O) groups is 1. The van der Waals surface area contributed by atoms with E-state index in [1.54, 1.807) is 16.8 Å². The minimum Gasteiger partial charge on any atom is -0.483 e. The number of fused-ring (bicyclic) bond motifs is 5. The fourth-order valence-electron chi connectivity index (χ4n) is 6.35. The Morgan fingerprint density at radius 3 is 2.83 bits per heavy atom. The number of aromatic nitrogens is 2. The van der Waals surface area contributed by atoms with Crippen LogP contribution < -0.4 is 10.1 Å². The summed E-state index contributed by atoms with van der Waals surface area (Å²) in [5.41, 5.74) is 3.89. The first-order valence-corrected chi connectivity index (χ1v) is 14.0. The lowest BCUT2D eigenvalue weighted by Crippen LogP contribution is -2.54. The Hall–Kier alpha value is -1.73. The molecule has 1 aromatic carbocycles. The van der Waals surface area contributed by atoms with E-state index in [4.69, 9.17) is 44.6 Å². The summed E-state index contributed by atoms with van der Waals surface area (Å²) in [7, 11) is 0. The van der Waals surface area contributed by atoms with Crippen LogP contribution >= 0.6 is 46.1 Å². The van der Waals surface area contributed by atoms with Gasteiger partial charge in [0.05, 0.1) is 32.9 Å². The molecule has 184 valence electrons. The van der Waals surface area contributed by atoms with Gasteiger partial charge >= 0.3 is 0 Å². The molecule has 7 rings (SSSR count). The van der Waals surface area contributed by atoms with Crippen molar-refractivity contribution in [1.82, 2.24) is 15.1 Å². The SMILES string of the molecule is CC1(C)C2CCC(CNC(=O)c3nn(-c4ccc(Cl)cc4Cl)c4c3CCOc3sc(Cl)cc3-4)C1C2. The normalized spacial score (nSPS) is 24.0. The van der Waals surface area contributed by atoms with Gasteiger partial charge in [0.2, 0.25) is 0 Å². The molecule has 3 saturated carbocycles. The van der Waals surface area contributed by atoms with Gasteiger partial charge in [-0.3, -0.25) is 4.79 Å². The minimum atomic E-state index is -0.158. The van der Waals surface area contributed by atoms with Crippen molar-refractivity contribution in [2.75, 3.05) is 13.2 Å². The maximum absolute atomic E-state index is 13.5. The van der Waals surface area contributed by atoms with Gasteiger partial charge in [-0.1, -0.05) is 60.0 Å². The van der Waals surface area contributed by atoms with E-state index in [0.717, 1.165) is 27.8 Å². The molecule has 3 aliphatic carbocycles. The van der Waals surface area contributed by atoms with Gasteiger partial charge in [0.25, 0.3) is 5.91 Å². The van der Waals surface area contributed by atoms with E-state index >= 15 is 0 Å². The molecule has 1 amide bonds. The van der Waals surface area contributed by atoms with Crippen molar-refractivity contribution in [2.45, 2.75) is 39.5 Å². The van der Waals surface area contributed by atoms with Crippen LogP contribution in [0.5, 0.6) is 5.06 Å². The highest BCUT2D eigenvalue weighted by Gasteiger charge is 2.54. The lowest BCUT2D eigenvalue weighted by atomic mass is 9.45. The zero-order chi connectivity index (χ0) is 24.5. The topological polar surface area (TPSA) is 56.2 Å². The molecule has 0 spiro atoms. The number of ether oxygens (including phenoxy) is 1. The number of rotatable bonds is 4. The predicted molar refractivity (Wildman–Crippen MR) is 142 cm³/mol. The van der Waals surface area contributed by atoms with Crippen molar-refractivity contribution in [3.05, 3.63) is 49.9 Å². The van der Waals surface area contributed by atoms with Crippen molar-refractivity contribution >= 4 is 52.0 Å². The Labute approximate surface area is 223 Å². The van der Waals surface area contributed by atoms with Crippen LogP contribution in [0.3, 0.4) is 0 Å². The number of amides is 1. The second-order valence-electron chi connectivity index (χ2n) is 10.4. The molecular formula is C26H26Cl3N3O2S. The largest absolute Gasteiger partial charge is 0.483 e. The highest BCUT2D eigenvalue weighted by atomic mass is 35.5. The molecular weight excluding hydrogens is 525 g/mol. The molecule has 3 fully saturated rings. The van der Waals surface area contributed by atoms with Gasteiger partial charge < -0.3 is 10.1 Å². The average molecular weight is 551 g/mol. The molecule has 3 unspecified atom stereocenters. The predicted octanol–water partition coefficient (Wildman–Crippen LogP) is 7.30. The van der Waals surface area contributed by atoms with Crippen LogP contribution in [0.25, 0.3) is 16.9 Å². The van der Waals surface area contributed by atoms with Gasteiger partial charge in [-0.05, 0) is 66.7 Å². The van der Waals surface area contributed by atoms with E-state index in [9.17, 15) is 4.79 Å². The van der Waals surface area contributed by atoms with Crippen molar-refractivity contribution in [3.63, 3.8) is 0 Å². The van der Waals surface area contributed by atoms with Crippen LogP contribution in [0.1, 0.15) is 49.2 Å². The molecule has 5 nitrogen and oxygen atoms in total. The summed E-state index contributed by atoms with van der Waals surface area (Å²) >= 11 is 20.5. The zero-order valence-electron chi connectivity index (χ0n) is 19.5. The van der Waals surface area contributed by atoms with E-state index in [1.807, 2.05) is 12.1 Å². The average Bonchev–Trinajstić information content (AvgIpc) is 3.32. The number of thiophene rings is 1. The van der Waals surface area contributed by atoms with Gasteiger partial charge in [-0.15, -0.1) is 0 Å². The smallest absolute Gasteiger partial charge is 0.272 e. The molecule has 2 aromatic heterocycles. The fourth-order valence-corrected chi connectivity index (χ4v) is 7.92. The van der Waals surface area contributed by atoms with Gasteiger partial charge in [-0.2, -0.15) is 5.10 Å². The lowest BCUT2D eigenvalue weighted by molar-refractivity contribution is -0.103. The summed E-state index contributed by atoms with van der Waals surface area (Å²) in [6, 6.07) is 7.13. The highest BCUT2D eigenvalue weighted by molar-refractivity contribution is 7.18. The van der Waals surface area contributed by atoms with Gasteiger partial charge in [0.15, 0.2) is 10.8 Å². The molecule has 2 bridgehead atoms. The molecule has 0 saturated heterocycles. The fraction of sp³-hybridized carbons (Fsp3) is 0.462. The summed E-state index contributed by atoms with van der Waals surface area (Å²) in [5.74, 6) is 1.86. The third-order valence-corrected chi connectivity index (χ3v) is 10.1. The van der Waals surface area contributed by atoms with E-state index in [0.29, 0.717) is 62.6 Å². The molecule has 3 heterocycles. The quantitative estimate of drug-likeness (QED) is 0.371. The second-order valence-corrected chi connectivity index (χ2v) is 12.9. The van der Waals surface area contributed by atoms with E-state index in [-0.39, 0.29) is 5.91 Å². The molecule has 3 aromatic rings. The number of halogens is 3. The van der Waals surface area contributed by atoms with Crippen molar-refractivity contribution in [1.29, 1.82) is 0 Å². The molecule has 35 heavy (non-hydrogen) atoms. The zero-order valence-corrected chi connectivity index (χ0v) is 22.6. The summed E-state index contributed by atoms with van der Waals surface area (Å²) in [5, 5.41) is 9.73. The van der Waals surface area contributed by atoms with Gasteiger partial charge in [0, 0.05) is 23.6 Å². The van der Waals surface area contributed by atoms with E-state index < -0.39 is 0 Å². The summed E-state index contributed by atoms with van der Waals surface area (Å²) in [4.78, 5) is 13.5. The first kappa shape index (κ1) is 23.7. The third kappa shape index (κ3) is 3.88. The van der Waals surface area contributed by atoms with Crippen LogP contribution in [-0.4, -0.2) is 28.8 Å². The summed E-state index contributed by atoms with van der Waals surface area (Å²) in [6.07, 6.45) is 4.27. The van der Waals surface area contributed by atoms with E-state index in [1.165, 1.54) is 30.6 Å². The molecule has 1 N–H and O–H groups in total. The maximum atomic E-state index is 13.5. The van der Waals surface area contributed by atoms with Crippen LogP contribution in [0, 0.1) is 23.2 Å². The van der Waals surface area contributed by atoms with Crippen LogP contribution in [0.4, 0.5) is 0 Å². The highest BCUT2D eigenvalue weighted by Crippen LogP contribution is 2.61. The summed E-state index contributed by atoms with van der Waals surface area (Å²) in [6.45, 7) is 5.87. The Morgan fingerprint density at radius 2 is 2.09 bits per heavy atom. The van der Waals surface area contributed by atoms with Crippen molar-refractivity contribution in [3.8, 4) is 22.0 Å². The van der Waals surface area contributed by atoms with E-state index in [2.05, 4.69) is 19.2 Å². The third-order valence-electron chi connectivity index (χ3n) is 8.37. The number of hydrogen-bond acceptors (Lipinski definition) is 4. The molecule has 0 radical (unpaired) electrons. The number of nitrogens with one attached hydrogen (secondary N) is 1. The number of nitrogens with zero attached hydrogens (tertiary/aromatic N) is 2.